The summed E-state index contributed by atoms with van der Waals surface area (Å²) in [4.78, 5) is 26.0. The second-order valence-electron chi connectivity index (χ2n) is 7.66. The molecule has 2 heterocycles. The number of carbonyl (C=O) groups is 2. The Morgan fingerprint density at radius 1 is 0.971 bits per heavy atom. The Morgan fingerprint density at radius 3 is 2.32 bits per heavy atom. The standard InChI is InChI=1S/C24H25N3O5S2/c1-2-17-8-9-18(15-22(17)34(30,31)27-10-12-32-13-11-27)23(28)25-19-5-3-6-20(16-19)26-24(29)21-7-4-14-33-21/h3-9,14-16H,2,10-13H2,1H3,(H,25,28)(H,26,29). The van der Waals surface area contributed by atoms with Gasteiger partial charge in [-0.05, 0) is 53.8 Å². The summed E-state index contributed by atoms with van der Waals surface area (Å²) in [5.74, 6) is -0.672. The molecule has 0 bridgehead atoms. The minimum absolute atomic E-state index is 0.140. The predicted octanol–water partition coefficient (Wildman–Crippen LogP) is 3.84. The van der Waals surface area contributed by atoms with Gasteiger partial charge in [0, 0.05) is 30.0 Å². The van der Waals surface area contributed by atoms with Crippen LogP contribution in [-0.4, -0.2) is 50.8 Å². The number of morpholine rings is 1. The zero-order valence-electron chi connectivity index (χ0n) is 18.6. The van der Waals surface area contributed by atoms with Crippen LogP contribution in [0.3, 0.4) is 0 Å². The second-order valence-corrected chi connectivity index (χ2v) is 10.5. The van der Waals surface area contributed by atoms with Gasteiger partial charge in [0.25, 0.3) is 11.8 Å². The lowest BCUT2D eigenvalue weighted by Crippen LogP contribution is -2.41. The van der Waals surface area contributed by atoms with Crippen molar-refractivity contribution in [1.29, 1.82) is 0 Å². The average molecular weight is 500 g/mol. The molecule has 2 amide bonds. The zero-order valence-corrected chi connectivity index (χ0v) is 20.2. The van der Waals surface area contributed by atoms with Gasteiger partial charge in [-0.3, -0.25) is 9.59 Å². The highest BCUT2D eigenvalue weighted by Gasteiger charge is 2.29. The fraction of sp³-hybridized carbons (Fsp3) is 0.250. The number of rotatable bonds is 7. The molecule has 10 heteroatoms. The molecule has 1 aliphatic rings. The highest BCUT2D eigenvalue weighted by atomic mass is 32.2. The smallest absolute Gasteiger partial charge is 0.265 e. The molecule has 34 heavy (non-hydrogen) atoms. The molecule has 178 valence electrons. The van der Waals surface area contributed by atoms with E-state index in [0.717, 1.165) is 0 Å². The summed E-state index contributed by atoms with van der Waals surface area (Å²) in [5, 5.41) is 7.41. The van der Waals surface area contributed by atoms with Crippen molar-refractivity contribution in [3.63, 3.8) is 0 Å². The Morgan fingerprint density at radius 2 is 1.68 bits per heavy atom. The van der Waals surface area contributed by atoms with Crippen LogP contribution in [0.2, 0.25) is 0 Å². The van der Waals surface area contributed by atoms with Gasteiger partial charge in [-0.15, -0.1) is 11.3 Å². The first-order chi connectivity index (χ1) is 16.4. The van der Waals surface area contributed by atoms with Gasteiger partial charge in [-0.25, -0.2) is 8.42 Å². The highest BCUT2D eigenvalue weighted by Crippen LogP contribution is 2.25. The third kappa shape index (κ3) is 5.36. The van der Waals surface area contributed by atoms with E-state index in [1.807, 2.05) is 12.3 Å². The molecule has 1 fully saturated rings. The summed E-state index contributed by atoms with van der Waals surface area (Å²) in [6.45, 7) is 3.14. The van der Waals surface area contributed by atoms with Gasteiger partial charge in [0.1, 0.15) is 0 Å². The number of anilines is 2. The predicted molar refractivity (Wildman–Crippen MR) is 132 cm³/mol. The number of nitrogens with one attached hydrogen (secondary N) is 2. The Bertz CT molecular complexity index is 1280. The number of nitrogens with zero attached hydrogens (tertiary/aromatic N) is 1. The van der Waals surface area contributed by atoms with Crippen LogP contribution in [0.15, 0.2) is 64.9 Å². The zero-order chi connectivity index (χ0) is 24.1. The van der Waals surface area contributed by atoms with Crippen molar-refractivity contribution in [2.24, 2.45) is 0 Å². The number of benzene rings is 2. The number of hydrogen-bond acceptors (Lipinski definition) is 6. The largest absolute Gasteiger partial charge is 0.379 e. The van der Waals surface area contributed by atoms with Gasteiger partial charge >= 0.3 is 0 Å². The fourth-order valence-electron chi connectivity index (χ4n) is 3.63. The van der Waals surface area contributed by atoms with Gasteiger partial charge in [0.15, 0.2) is 0 Å². The summed E-state index contributed by atoms with van der Waals surface area (Å²) < 4.78 is 33.2. The SMILES string of the molecule is CCc1ccc(C(=O)Nc2cccc(NC(=O)c3cccs3)c2)cc1S(=O)(=O)N1CCOCC1. The first-order valence-electron chi connectivity index (χ1n) is 10.9. The third-order valence-corrected chi connectivity index (χ3v) is 8.27. The molecule has 1 saturated heterocycles. The molecule has 1 aliphatic heterocycles. The summed E-state index contributed by atoms with van der Waals surface area (Å²) >= 11 is 1.34. The number of ether oxygens (including phenoxy) is 1. The Hall–Kier alpha value is -3.05. The van der Waals surface area contributed by atoms with Gasteiger partial charge in [-0.2, -0.15) is 4.31 Å². The Balaban J connectivity index is 1.53. The van der Waals surface area contributed by atoms with Gasteiger partial charge < -0.3 is 15.4 Å². The maximum atomic E-state index is 13.2. The summed E-state index contributed by atoms with van der Waals surface area (Å²) in [6, 6.07) is 15.1. The lowest BCUT2D eigenvalue weighted by atomic mass is 10.1. The van der Waals surface area contributed by atoms with Crippen molar-refractivity contribution in [2.45, 2.75) is 18.2 Å². The fourth-order valence-corrected chi connectivity index (χ4v) is 5.98. The monoisotopic (exact) mass is 499 g/mol. The number of carbonyl (C=O) groups excluding carboxylic acids is 2. The molecule has 0 spiro atoms. The van der Waals surface area contributed by atoms with Gasteiger partial charge in [-0.1, -0.05) is 25.1 Å². The van der Waals surface area contributed by atoms with Crippen LogP contribution in [0.1, 0.15) is 32.5 Å². The summed E-state index contributed by atoms with van der Waals surface area (Å²) in [5.41, 5.74) is 1.90. The maximum absolute atomic E-state index is 13.2. The van der Waals surface area contributed by atoms with Crippen LogP contribution in [0.25, 0.3) is 0 Å². The topological polar surface area (TPSA) is 105 Å². The molecule has 0 radical (unpaired) electrons. The highest BCUT2D eigenvalue weighted by molar-refractivity contribution is 7.89. The van der Waals surface area contributed by atoms with Crippen molar-refractivity contribution in [1.82, 2.24) is 4.31 Å². The molecular weight excluding hydrogens is 474 g/mol. The van der Waals surface area contributed by atoms with E-state index in [-0.39, 0.29) is 29.5 Å². The normalized spacial score (nSPS) is 14.5. The van der Waals surface area contributed by atoms with Crippen LogP contribution >= 0.6 is 11.3 Å². The van der Waals surface area contributed by atoms with Crippen molar-refractivity contribution in [3.05, 3.63) is 76.0 Å². The molecule has 8 nitrogen and oxygen atoms in total. The minimum Gasteiger partial charge on any atom is -0.379 e. The number of aryl methyl sites for hydroxylation is 1. The van der Waals surface area contributed by atoms with E-state index in [0.29, 0.717) is 41.4 Å². The maximum Gasteiger partial charge on any atom is 0.265 e. The van der Waals surface area contributed by atoms with E-state index in [1.165, 1.54) is 21.7 Å². The molecule has 0 unspecified atom stereocenters. The van der Waals surface area contributed by atoms with Crippen LogP contribution < -0.4 is 10.6 Å². The number of amides is 2. The van der Waals surface area contributed by atoms with Crippen molar-refractivity contribution in [2.75, 3.05) is 36.9 Å². The van der Waals surface area contributed by atoms with Crippen molar-refractivity contribution in [3.8, 4) is 0 Å². The molecule has 4 rings (SSSR count). The first kappa shape index (κ1) is 24.1. The molecular formula is C24H25N3O5S2. The molecule has 2 N–H and O–H groups in total. The van der Waals surface area contributed by atoms with Crippen LogP contribution in [0.5, 0.6) is 0 Å². The Kier molecular flexibility index (Phi) is 7.42. The average Bonchev–Trinajstić information content (AvgIpc) is 3.40. The number of thiophene rings is 1. The van der Waals surface area contributed by atoms with E-state index >= 15 is 0 Å². The molecule has 2 aromatic carbocycles. The van der Waals surface area contributed by atoms with Crippen molar-refractivity contribution < 1.29 is 22.7 Å². The number of sulfonamides is 1. The Labute approximate surface area is 202 Å². The minimum atomic E-state index is -3.75. The van der Waals surface area contributed by atoms with E-state index in [2.05, 4.69) is 10.6 Å². The van der Waals surface area contributed by atoms with E-state index in [9.17, 15) is 18.0 Å². The molecule has 3 aromatic rings. The van der Waals surface area contributed by atoms with E-state index in [4.69, 9.17) is 4.74 Å². The van der Waals surface area contributed by atoms with E-state index < -0.39 is 15.9 Å². The molecule has 0 atom stereocenters. The first-order valence-corrected chi connectivity index (χ1v) is 13.2. The summed E-state index contributed by atoms with van der Waals surface area (Å²) in [6.07, 6.45) is 0.521. The lowest BCUT2D eigenvalue weighted by molar-refractivity contribution is 0.0730. The molecule has 0 aliphatic carbocycles. The van der Waals surface area contributed by atoms with Crippen LogP contribution in [-0.2, 0) is 21.2 Å². The number of hydrogen-bond donors (Lipinski definition) is 2. The van der Waals surface area contributed by atoms with Gasteiger partial charge in [0.05, 0.1) is 23.0 Å². The second kappa shape index (κ2) is 10.5. The van der Waals surface area contributed by atoms with E-state index in [1.54, 1.807) is 48.5 Å². The van der Waals surface area contributed by atoms with Gasteiger partial charge in [0.2, 0.25) is 10.0 Å². The van der Waals surface area contributed by atoms with Crippen LogP contribution in [0.4, 0.5) is 11.4 Å². The van der Waals surface area contributed by atoms with Crippen molar-refractivity contribution >= 4 is 44.5 Å². The van der Waals surface area contributed by atoms with Crippen LogP contribution in [0, 0.1) is 0 Å². The molecule has 0 saturated carbocycles. The lowest BCUT2D eigenvalue weighted by Gasteiger charge is -2.27. The summed E-state index contributed by atoms with van der Waals surface area (Å²) in [7, 11) is -3.75. The quantitative estimate of drug-likeness (QED) is 0.514. The molecule has 1 aromatic heterocycles. The third-order valence-electron chi connectivity index (χ3n) is 5.42.